The molecule has 5 heteroatoms. The molecule has 0 aromatic heterocycles. The molecule has 3 rings (SSSR count). The van der Waals surface area contributed by atoms with Crippen molar-refractivity contribution >= 4 is 11.6 Å². The molecular weight excluding hydrogens is 256 g/mol. The normalized spacial score (nSPS) is 13.8. The first kappa shape index (κ1) is 12.3. The van der Waals surface area contributed by atoms with E-state index in [2.05, 4.69) is 5.32 Å². The van der Waals surface area contributed by atoms with E-state index in [4.69, 9.17) is 15.2 Å². The number of hydrogen-bond donors (Lipinski definition) is 2. The molecule has 5 nitrogen and oxygen atoms in total. The lowest BCUT2D eigenvalue weighted by molar-refractivity contribution is -0.118. The van der Waals surface area contributed by atoms with Gasteiger partial charge in [-0.05, 0) is 17.7 Å². The Kier molecular flexibility index (Phi) is 3.16. The third-order valence-corrected chi connectivity index (χ3v) is 3.10. The highest BCUT2D eigenvalue weighted by atomic mass is 16.7. The smallest absolute Gasteiger partial charge is 0.244 e. The van der Waals surface area contributed by atoms with E-state index in [1.165, 1.54) is 0 Å². The minimum atomic E-state index is -0.587. The lowest BCUT2D eigenvalue weighted by atomic mass is 10.1. The topological polar surface area (TPSA) is 73.6 Å². The van der Waals surface area contributed by atoms with E-state index in [-0.39, 0.29) is 6.79 Å². The Morgan fingerprint density at radius 3 is 2.60 bits per heavy atom. The summed E-state index contributed by atoms with van der Waals surface area (Å²) >= 11 is 0. The molecule has 0 bridgehead atoms. The summed E-state index contributed by atoms with van der Waals surface area (Å²) in [6, 6.07) is 14.2. The average molecular weight is 270 g/mol. The number of ether oxygens (including phenoxy) is 2. The summed E-state index contributed by atoms with van der Waals surface area (Å²) in [5, 5.41) is 3.11. The molecule has 2 aromatic carbocycles. The molecule has 1 aliphatic heterocycles. The van der Waals surface area contributed by atoms with Gasteiger partial charge in [0.1, 0.15) is 6.04 Å². The second-order valence-electron chi connectivity index (χ2n) is 4.46. The van der Waals surface area contributed by atoms with E-state index in [9.17, 15) is 4.79 Å². The van der Waals surface area contributed by atoms with Crippen LogP contribution >= 0.6 is 0 Å². The first-order valence-electron chi connectivity index (χ1n) is 6.24. The van der Waals surface area contributed by atoms with Crippen molar-refractivity contribution < 1.29 is 14.3 Å². The van der Waals surface area contributed by atoms with Gasteiger partial charge in [-0.25, -0.2) is 0 Å². The van der Waals surface area contributed by atoms with Crippen molar-refractivity contribution in [1.29, 1.82) is 0 Å². The van der Waals surface area contributed by atoms with Crippen LogP contribution in [0, 0.1) is 0 Å². The van der Waals surface area contributed by atoms with E-state index >= 15 is 0 Å². The van der Waals surface area contributed by atoms with Gasteiger partial charge < -0.3 is 20.5 Å². The summed E-state index contributed by atoms with van der Waals surface area (Å²) in [6.07, 6.45) is 0. The minimum Gasteiger partial charge on any atom is -0.454 e. The Balaban J connectivity index is 1.86. The molecule has 20 heavy (non-hydrogen) atoms. The van der Waals surface area contributed by atoms with Crippen molar-refractivity contribution in [3.63, 3.8) is 0 Å². The third-order valence-electron chi connectivity index (χ3n) is 3.10. The highest BCUT2D eigenvalue weighted by molar-refractivity contribution is 5.84. The van der Waals surface area contributed by atoms with E-state index < -0.39 is 11.9 Å². The quantitative estimate of drug-likeness (QED) is 0.891. The number of anilines is 1. The van der Waals surface area contributed by atoms with Crippen LogP contribution in [0.2, 0.25) is 0 Å². The van der Waals surface area contributed by atoms with E-state index in [0.717, 1.165) is 11.3 Å². The Bertz CT molecular complexity index is 628. The van der Waals surface area contributed by atoms with Gasteiger partial charge in [-0.1, -0.05) is 30.3 Å². The molecule has 1 aliphatic rings. The molecular formula is C15H14N2O3. The highest BCUT2D eigenvalue weighted by Crippen LogP contribution is 2.35. The van der Waals surface area contributed by atoms with Crippen LogP contribution < -0.4 is 20.5 Å². The van der Waals surface area contributed by atoms with Crippen LogP contribution in [0.1, 0.15) is 11.6 Å². The van der Waals surface area contributed by atoms with Crippen LogP contribution in [0.5, 0.6) is 11.5 Å². The number of nitrogens with two attached hydrogens (primary N) is 1. The van der Waals surface area contributed by atoms with Crippen LogP contribution in [0.25, 0.3) is 0 Å². The van der Waals surface area contributed by atoms with Gasteiger partial charge in [0.05, 0.1) is 0 Å². The van der Waals surface area contributed by atoms with Gasteiger partial charge in [-0.3, -0.25) is 4.79 Å². The Morgan fingerprint density at radius 1 is 1.10 bits per heavy atom. The molecule has 0 fully saturated rings. The van der Waals surface area contributed by atoms with Crippen molar-refractivity contribution in [1.82, 2.24) is 0 Å². The van der Waals surface area contributed by atoms with Gasteiger partial charge in [0.15, 0.2) is 11.5 Å². The first-order valence-corrected chi connectivity index (χ1v) is 6.24. The lowest BCUT2D eigenvalue weighted by Crippen LogP contribution is -2.27. The Labute approximate surface area is 116 Å². The number of amides is 1. The summed E-state index contributed by atoms with van der Waals surface area (Å²) < 4.78 is 10.6. The predicted molar refractivity (Wildman–Crippen MR) is 74.6 cm³/mol. The SMILES string of the molecule is NC(=O)[C@H](Nc1ccc2c(c1)OCO2)c1ccccc1. The Morgan fingerprint density at radius 2 is 1.85 bits per heavy atom. The monoisotopic (exact) mass is 270 g/mol. The maximum Gasteiger partial charge on any atom is 0.244 e. The molecule has 0 radical (unpaired) electrons. The van der Waals surface area contributed by atoms with Gasteiger partial charge in [0.25, 0.3) is 0 Å². The summed E-state index contributed by atoms with van der Waals surface area (Å²) in [5.41, 5.74) is 7.04. The molecule has 2 aromatic rings. The number of rotatable bonds is 4. The molecule has 0 spiro atoms. The summed E-state index contributed by atoms with van der Waals surface area (Å²) in [5.74, 6) is 0.922. The van der Waals surface area contributed by atoms with Crippen molar-refractivity contribution in [3.05, 3.63) is 54.1 Å². The highest BCUT2D eigenvalue weighted by Gasteiger charge is 2.19. The zero-order valence-corrected chi connectivity index (χ0v) is 10.7. The predicted octanol–water partition coefficient (Wildman–Crippen LogP) is 2.05. The fourth-order valence-corrected chi connectivity index (χ4v) is 2.12. The maximum atomic E-state index is 11.6. The molecule has 0 aliphatic carbocycles. The first-order chi connectivity index (χ1) is 9.74. The third kappa shape index (κ3) is 2.38. The average Bonchev–Trinajstić information content (AvgIpc) is 2.93. The lowest BCUT2D eigenvalue weighted by Gasteiger charge is -2.17. The summed E-state index contributed by atoms with van der Waals surface area (Å²) in [7, 11) is 0. The van der Waals surface area contributed by atoms with E-state index in [1.54, 1.807) is 12.1 Å². The molecule has 1 amide bonds. The number of nitrogens with one attached hydrogen (secondary N) is 1. The number of benzene rings is 2. The number of carbonyl (C=O) groups is 1. The number of hydrogen-bond acceptors (Lipinski definition) is 4. The summed E-state index contributed by atoms with van der Waals surface area (Å²) in [4.78, 5) is 11.6. The standard InChI is InChI=1S/C15H14N2O3/c16-15(18)14(10-4-2-1-3-5-10)17-11-6-7-12-13(8-11)20-9-19-12/h1-8,14,17H,9H2,(H2,16,18)/t14-/m1/s1. The fourth-order valence-electron chi connectivity index (χ4n) is 2.12. The van der Waals surface area contributed by atoms with Crippen LogP contribution in [0.15, 0.2) is 48.5 Å². The maximum absolute atomic E-state index is 11.6. The Hall–Kier alpha value is -2.69. The van der Waals surface area contributed by atoms with Gasteiger partial charge in [0, 0.05) is 11.8 Å². The zero-order chi connectivity index (χ0) is 13.9. The molecule has 3 N–H and O–H groups in total. The van der Waals surface area contributed by atoms with Crippen molar-refractivity contribution in [2.45, 2.75) is 6.04 Å². The number of carbonyl (C=O) groups excluding carboxylic acids is 1. The molecule has 0 unspecified atom stereocenters. The van der Waals surface area contributed by atoms with Crippen LogP contribution in [0.4, 0.5) is 5.69 Å². The van der Waals surface area contributed by atoms with Crippen LogP contribution in [0.3, 0.4) is 0 Å². The molecule has 1 heterocycles. The zero-order valence-electron chi connectivity index (χ0n) is 10.7. The molecule has 102 valence electrons. The van der Waals surface area contributed by atoms with Gasteiger partial charge in [-0.15, -0.1) is 0 Å². The molecule has 1 atom stereocenters. The molecule has 0 saturated carbocycles. The van der Waals surface area contributed by atoms with E-state index in [1.807, 2.05) is 36.4 Å². The van der Waals surface area contributed by atoms with Crippen molar-refractivity contribution in [2.24, 2.45) is 5.73 Å². The van der Waals surface area contributed by atoms with Crippen molar-refractivity contribution in [2.75, 3.05) is 12.1 Å². The summed E-state index contributed by atoms with van der Waals surface area (Å²) in [6.45, 7) is 0.219. The minimum absolute atomic E-state index is 0.219. The van der Waals surface area contributed by atoms with Crippen LogP contribution in [-0.4, -0.2) is 12.7 Å². The van der Waals surface area contributed by atoms with Gasteiger partial charge >= 0.3 is 0 Å². The second kappa shape index (κ2) is 5.13. The van der Waals surface area contributed by atoms with Gasteiger partial charge in [0.2, 0.25) is 12.7 Å². The number of primary amides is 1. The number of fused-ring (bicyclic) bond motifs is 1. The van der Waals surface area contributed by atoms with Crippen LogP contribution in [-0.2, 0) is 4.79 Å². The fraction of sp³-hybridized carbons (Fsp3) is 0.133. The molecule has 0 saturated heterocycles. The van der Waals surface area contributed by atoms with Gasteiger partial charge in [-0.2, -0.15) is 0 Å². The van der Waals surface area contributed by atoms with Crippen molar-refractivity contribution in [3.8, 4) is 11.5 Å². The van der Waals surface area contributed by atoms with E-state index in [0.29, 0.717) is 11.5 Å². The second-order valence-corrected chi connectivity index (χ2v) is 4.46. The largest absolute Gasteiger partial charge is 0.454 e.